The van der Waals surface area contributed by atoms with Crippen LogP contribution in [0.3, 0.4) is 0 Å². The highest BCUT2D eigenvalue weighted by Crippen LogP contribution is 2.09. The first kappa shape index (κ1) is 13.7. The molecule has 0 spiro atoms. The van der Waals surface area contributed by atoms with Gasteiger partial charge in [-0.25, -0.2) is 4.79 Å². The van der Waals surface area contributed by atoms with Gasteiger partial charge < -0.3 is 26.4 Å². The Labute approximate surface area is 105 Å². The molecule has 0 saturated heterocycles. The number of carbonyl (C=O) groups excluding carboxylic acids is 1. The summed E-state index contributed by atoms with van der Waals surface area (Å²) in [5, 5.41) is 8.32. The maximum absolute atomic E-state index is 10.5. The minimum atomic E-state index is -0.571. The van der Waals surface area contributed by atoms with Crippen molar-refractivity contribution in [1.82, 2.24) is 20.3 Å². The van der Waals surface area contributed by atoms with E-state index in [1.807, 2.05) is 6.92 Å². The minimum absolute atomic E-state index is 0.214. The van der Waals surface area contributed by atoms with E-state index in [1.54, 1.807) is 0 Å². The summed E-state index contributed by atoms with van der Waals surface area (Å²) in [5.74, 6) is 0.791. The fraction of sp³-hybridized carbons (Fsp3) is 0.556. The van der Waals surface area contributed by atoms with Gasteiger partial charge in [0, 0.05) is 19.6 Å². The van der Waals surface area contributed by atoms with E-state index in [9.17, 15) is 4.79 Å². The molecule has 0 aliphatic heterocycles. The lowest BCUT2D eigenvalue weighted by Crippen LogP contribution is -2.33. The number of rotatable bonds is 7. The van der Waals surface area contributed by atoms with Gasteiger partial charge >= 0.3 is 12.0 Å². The van der Waals surface area contributed by atoms with Crippen molar-refractivity contribution in [2.24, 2.45) is 5.73 Å². The molecule has 9 nitrogen and oxygen atoms in total. The maximum atomic E-state index is 10.5. The number of aromatic nitrogens is 3. The second-order valence-electron chi connectivity index (χ2n) is 3.22. The SMILES string of the molecule is CCNc1nc(NCCNC(N)=O)nc(OC)n1. The number of ether oxygens (including phenoxy) is 1. The van der Waals surface area contributed by atoms with Gasteiger partial charge in [0.05, 0.1) is 7.11 Å². The molecule has 0 saturated carbocycles. The highest BCUT2D eigenvalue weighted by Gasteiger charge is 2.05. The molecule has 0 fully saturated rings. The number of nitrogens with one attached hydrogen (secondary N) is 3. The Morgan fingerprint density at radius 1 is 1.22 bits per heavy atom. The molecule has 0 aliphatic rings. The van der Waals surface area contributed by atoms with E-state index < -0.39 is 6.03 Å². The van der Waals surface area contributed by atoms with Crippen molar-refractivity contribution in [3.05, 3.63) is 0 Å². The van der Waals surface area contributed by atoms with Crippen molar-refractivity contribution in [3.63, 3.8) is 0 Å². The summed E-state index contributed by atoms with van der Waals surface area (Å²) < 4.78 is 4.95. The average Bonchev–Trinajstić information content (AvgIpc) is 2.34. The fourth-order valence-electron chi connectivity index (χ4n) is 1.12. The van der Waals surface area contributed by atoms with Crippen molar-refractivity contribution in [2.45, 2.75) is 6.92 Å². The third-order valence-corrected chi connectivity index (χ3v) is 1.84. The molecule has 18 heavy (non-hydrogen) atoms. The second kappa shape index (κ2) is 7.09. The first-order chi connectivity index (χ1) is 8.65. The van der Waals surface area contributed by atoms with Gasteiger partial charge in [-0.3, -0.25) is 0 Å². The minimum Gasteiger partial charge on any atom is -0.467 e. The number of hydrogen-bond acceptors (Lipinski definition) is 7. The molecule has 1 aromatic heterocycles. The van der Waals surface area contributed by atoms with Crippen LogP contribution in [0.25, 0.3) is 0 Å². The Hall–Kier alpha value is -2.32. The Morgan fingerprint density at radius 3 is 2.44 bits per heavy atom. The predicted octanol–water partition coefficient (Wildman–Crippen LogP) is -0.608. The van der Waals surface area contributed by atoms with Crippen LogP contribution in [-0.2, 0) is 0 Å². The quantitative estimate of drug-likeness (QED) is 0.479. The summed E-state index contributed by atoms with van der Waals surface area (Å²) in [7, 11) is 1.48. The first-order valence-corrected chi connectivity index (χ1v) is 5.46. The van der Waals surface area contributed by atoms with Gasteiger partial charge in [-0.2, -0.15) is 15.0 Å². The van der Waals surface area contributed by atoms with E-state index >= 15 is 0 Å². The number of nitrogens with two attached hydrogens (primary N) is 1. The normalized spacial score (nSPS) is 9.67. The lowest BCUT2D eigenvalue weighted by molar-refractivity contribution is 0.249. The molecule has 0 atom stereocenters. The average molecular weight is 255 g/mol. The molecule has 1 heterocycles. The first-order valence-electron chi connectivity index (χ1n) is 5.46. The highest BCUT2D eigenvalue weighted by molar-refractivity contribution is 5.71. The standard InChI is InChI=1S/C9H17N7O2/c1-3-11-7-14-8(16-9(15-7)18-2)13-5-4-12-6(10)17/h3-5H2,1-2H3,(H3,10,12,17)(H2,11,13,14,15,16). The molecular weight excluding hydrogens is 238 g/mol. The monoisotopic (exact) mass is 255 g/mol. The van der Waals surface area contributed by atoms with Crippen LogP contribution < -0.4 is 26.4 Å². The summed E-state index contributed by atoms with van der Waals surface area (Å²) in [6, 6.07) is -0.357. The third-order valence-electron chi connectivity index (χ3n) is 1.84. The molecular formula is C9H17N7O2. The van der Waals surface area contributed by atoms with E-state index in [-0.39, 0.29) is 6.01 Å². The van der Waals surface area contributed by atoms with Crippen LogP contribution >= 0.6 is 0 Å². The van der Waals surface area contributed by atoms with Crippen molar-refractivity contribution in [2.75, 3.05) is 37.4 Å². The van der Waals surface area contributed by atoms with E-state index in [1.165, 1.54) is 7.11 Å². The zero-order chi connectivity index (χ0) is 13.4. The Balaban J connectivity index is 2.57. The zero-order valence-electron chi connectivity index (χ0n) is 10.4. The Bertz CT molecular complexity index is 399. The van der Waals surface area contributed by atoms with Gasteiger partial charge in [0.15, 0.2) is 0 Å². The van der Waals surface area contributed by atoms with Crippen LogP contribution in [0.5, 0.6) is 6.01 Å². The number of amides is 2. The number of hydrogen-bond donors (Lipinski definition) is 4. The molecule has 0 aromatic carbocycles. The predicted molar refractivity (Wildman–Crippen MR) is 66.6 cm³/mol. The fourth-order valence-corrected chi connectivity index (χ4v) is 1.12. The Morgan fingerprint density at radius 2 is 1.89 bits per heavy atom. The van der Waals surface area contributed by atoms with E-state index in [4.69, 9.17) is 10.5 Å². The van der Waals surface area contributed by atoms with Crippen LogP contribution in [0.4, 0.5) is 16.7 Å². The lowest BCUT2D eigenvalue weighted by Gasteiger charge is -2.08. The molecule has 0 unspecified atom stereocenters. The smallest absolute Gasteiger partial charge is 0.322 e. The number of methoxy groups -OCH3 is 1. The van der Waals surface area contributed by atoms with Gasteiger partial charge in [-0.05, 0) is 6.92 Å². The van der Waals surface area contributed by atoms with Crippen molar-refractivity contribution in [3.8, 4) is 6.01 Å². The molecule has 2 amide bonds. The molecule has 1 aromatic rings. The summed E-state index contributed by atoms with van der Waals surface area (Å²) in [4.78, 5) is 22.6. The van der Waals surface area contributed by atoms with E-state index in [0.717, 1.165) is 0 Å². The summed E-state index contributed by atoms with van der Waals surface area (Å²) in [5.41, 5.74) is 4.93. The van der Waals surface area contributed by atoms with E-state index in [0.29, 0.717) is 31.5 Å². The van der Waals surface area contributed by atoms with Crippen LogP contribution in [-0.4, -0.2) is 47.7 Å². The maximum Gasteiger partial charge on any atom is 0.322 e. The highest BCUT2D eigenvalue weighted by atomic mass is 16.5. The topological polar surface area (TPSA) is 127 Å². The van der Waals surface area contributed by atoms with Crippen molar-refractivity contribution in [1.29, 1.82) is 0 Å². The summed E-state index contributed by atoms with van der Waals surface area (Å²) in [6.45, 7) is 3.44. The number of primary amides is 1. The van der Waals surface area contributed by atoms with Crippen LogP contribution in [0.2, 0.25) is 0 Å². The van der Waals surface area contributed by atoms with Crippen molar-refractivity contribution < 1.29 is 9.53 Å². The van der Waals surface area contributed by atoms with Gasteiger partial charge in [0.1, 0.15) is 0 Å². The number of anilines is 2. The number of nitrogens with zero attached hydrogens (tertiary/aromatic N) is 3. The molecule has 5 N–H and O–H groups in total. The lowest BCUT2D eigenvalue weighted by atomic mass is 10.6. The second-order valence-corrected chi connectivity index (χ2v) is 3.22. The molecule has 100 valence electrons. The molecule has 0 bridgehead atoms. The molecule has 9 heteroatoms. The van der Waals surface area contributed by atoms with Gasteiger partial charge in [0.25, 0.3) is 0 Å². The van der Waals surface area contributed by atoms with Crippen LogP contribution in [0, 0.1) is 0 Å². The number of carbonyl (C=O) groups is 1. The molecule has 1 rings (SSSR count). The third kappa shape index (κ3) is 4.68. The summed E-state index contributed by atoms with van der Waals surface area (Å²) >= 11 is 0. The van der Waals surface area contributed by atoms with Crippen LogP contribution in [0.1, 0.15) is 6.92 Å². The van der Waals surface area contributed by atoms with Gasteiger partial charge in [0.2, 0.25) is 11.9 Å². The van der Waals surface area contributed by atoms with E-state index in [2.05, 4.69) is 30.9 Å². The summed E-state index contributed by atoms with van der Waals surface area (Å²) in [6.07, 6.45) is 0. The van der Waals surface area contributed by atoms with Gasteiger partial charge in [-0.1, -0.05) is 0 Å². The number of urea groups is 1. The Kier molecular flexibility index (Phi) is 5.42. The largest absolute Gasteiger partial charge is 0.467 e. The van der Waals surface area contributed by atoms with Crippen LogP contribution in [0.15, 0.2) is 0 Å². The molecule has 0 aliphatic carbocycles. The van der Waals surface area contributed by atoms with Crippen molar-refractivity contribution >= 4 is 17.9 Å². The van der Waals surface area contributed by atoms with Gasteiger partial charge in [-0.15, -0.1) is 0 Å². The molecule has 0 radical (unpaired) electrons. The zero-order valence-corrected chi connectivity index (χ0v) is 10.4.